The quantitative estimate of drug-likeness (QED) is 0.889. The van der Waals surface area contributed by atoms with E-state index in [0.29, 0.717) is 0 Å². The minimum atomic E-state index is -1.14. The van der Waals surface area contributed by atoms with Gasteiger partial charge in [0.25, 0.3) is 0 Å². The van der Waals surface area contributed by atoms with Crippen LogP contribution in [0.15, 0.2) is 18.2 Å². The van der Waals surface area contributed by atoms with E-state index in [1.165, 1.54) is 6.07 Å². The van der Waals surface area contributed by atoms with E-state index in [9.17, 15) is 18.7 Å². The van der Waals surface area contributed by atoms with E-state index in [-0.39, 0.29) is 12.1 Å². The number of hydrogen-bond donors (Lipinski definition) is 2. The first-order valence-corrected chi connectivity index (χ1v) is 5.79. The Balaban J connectivity index is 2.53. The summed E-state index contributed by atoms with van der Waals surface area (Å²) in [5.74, 6) is -2.04. The number of amides is 1. The molecule has 0 fully saturated rings. The van der Waals surface area contributed by atoms with Crippen LogP contribution in [0.25, 0.3) is 0 Å². The largest absolute Gasteiger partial charge is 0.444 e. The zero-order valence-corrected chi connectivity index (χ0v) is 11.0. The number of ether oxygens (including phenoxy) is 1. The lowest BCUT2D eigenvalue weighted by atomic mass is 10.1. The highest BCUT2D eigenvalue weighted by atomic mass is 19.2. The van der Waals surface area contributed by atoms with Gasteiger partial charge in [-0.25, -0.2) is 13.6 Å². The first kappa shape index (κ1) is 15.4. The number of rotatable bonds is 3. The molecule has 1 unspecified atom stereocenters. The molecule has 1 atom stereocenters. The number of aliphatic hydroxyl groups is 1. The SMILES string of the molecule is CC(C)(C)OC(=O)NCC(O)c1ccc(F)c(F)c1. The third-order valence-electron chi connectivity index (χ3n) is 2.17. The molecule has 0 heterocycles. The predicted molar refractivity (Wildman–Crippen MR) is 65.6 cm³/mol. The molecule has 6 heteroatoms. The summed E-state index contributed by atoms with van der Waals surface area (Å²) in [5.41, 5.74) is -0.466. The standard InChI is InChI=1S/C13H17F2NO3/c1-13(2,3)19-12(18)16-7-11(17)8-4-5-9(14)10(15)6-8/h4-6,11,17H,7H2,1-3H3,(H,16,18). The molecule has 0 aromatic heterocycles. The van der Waals surface area contributed by atoms with E-state index in [4.69, 9.17) is 4.74 Å². The lowest BCUT2D eigenvalue weighted by Crippen LogP contribution is -2.34. The van der Waals surface area contributed by atoms with E-state index < -0.39 is 29.4 Å². The number of aliphatic hydroxyl groups excluding tert-OH is 1. The number of carbonyl (C=O) groups is 1. The highest BCUT2D eigenvalue weighted by molar-refractivity contribution is 5.67. The van der Waals surface area contributed by atoms with Crippen molar-refractivity contribution in [3.8, 4) is 0 Å². The zero-order valence-electron chi connectivity index (χ0n) is 11.0. The molecular weight excluding hydrogens is 256 g/mol. The molecule has 4 nitrogen and oxygen atoms in total. The molecule has 0 saturated heterocycles. The summed E-state index contributed by atoms with van der Waals surface area (Å²) in [5, 5.41) is 12.1. The van der Waals surface area contributed by atoms with Gasteiger partial charge in [-0.1, -0.05) is 6.07 Å². The smallest absolute Gasteiger partial charge is 0.407 e. The molecule has 0 spiro atoms. The summed E-state index contributed by atoms with van der Waals surface area (Å²) in [7, 11) is 0. The fourth-order valence-corrected chi connectivity index (χ4v) is 1.33. The van der Waals surface area contributed by atoms with Crippen molar-refractivity contribution in [2.45, 2.75) is 32.5 Å². The summed E-state index contributed by atoms with van der Waals surface area (Å²) in [6, 6.07) is 3.05. The minimum Gasteiger partial charge on any atom is -0.444 e. The van der Waals surface area contributed by atoms with Crippen molar-refractivity contribution in [2.75, 3.05) is 6.54 Å². The Morgan fingerprint density at radius 3 is 2.53 bits per heavy atom. The Bertz CT molecular complexity index is 458. The first-order valence-electron chi connectivity index (χ1n) is 5.79. The molecule has 1 aromatic rings. The molecule has 0 radical (unpaired) electrons. The molecule has 1 amide bonds. The van der Waals surface area contributed by atoms with Crippen LogP contribution in [-0.4, -0.2) is 23.3 Å². The Hall–Kier alpha value is -1.69. The van der Waals surface area contributed by atoms with Crippen molar-refractivity contribution in [1.82, 2.24) is 5.32 Å². The zero-order chi connectivity index (χ0) is 14.6. The topological polar surface area (TPSA) is 58.6 Å². The van der Waals surface area contributed by atoms with Gasteiger partial charge in [0.2, 0.25) is 0 Å². The van der Waals surface area contributed by atoms with Crippen molar-refractivity contribution in [3.63, 3.8) is 0 Å². The number of benzene rings is 1. The number of alkyl carbamates (subject to hydrolysis) is 1. The highest BCUT2D eigenvalue weighted by Gasteiger charge is 2.17. The van der Waals surface area contributed by atoms with Gasteiger partial charge < -0.3 is 15.2 Å². The van der Waals surface area contributed by atoms with Crippen LogP contribution < -0.4 is 5.32 Å². The summed E-state index contributed by atoms with van der Waals surface area (Å²) >= 11 is 0. The lowest BCUT2D eigenvalue weighted by molar-refractivity contribution is 0.0491. The summed E-state index contributed by atoms with van der Waals surface area (Å²) in [6.45, 7) is 4.97. The van der Waals surface area contributed by atoms with Crippen molar-refractivity contribution in [3.05, 3.63) is 35.4 Å². The van der Waals surface area contributed by atoms with Gasteiger partial charge in [0.1, 0.15) is 5.60 Å². The maximum absolute atomic E-state index is 13.0. The molecular formula is C13H17F2NO3. The molecule has 106 valence electrons. The monoisotopic (exact) mass is 273 g/mol. The Kier molecular flexibility index (Phi) is 4.83. The number of nitrogens with one attached hydrogen (secondary N) is 1. The second-order valence-corrected chi connectivity index (χ2v) is 5.07. The Morgan fingerprint density at radius 2 is 2.00 bits per heavy atom. The van der Waals surface area contributed by atoms with Crippen LogP contribution in [0.3, 0.4) is 0 Å². The summed E-state index contributed by atoms with van der Waals surface area (Å²) in [6.07, 6.45) is -1.82. The lowest BCUT2D eigenvalue weighted by Gasteiger charge is -2.20. The van der Waals surface area contributed by atoms with Crippen LogP contribution in [0, 0.1) is 11.6 Å². The summed E-state index contributed by atoms with van der Waals surface area (Å²) < 4.78 is 30.6. The molecule has 2 N–H and O–H groups in total. The average Bonchev–Trinajstić information content (AvgIpc) is 2.27. The van der Waals surface area contributed by atoms with Gasteiger partial charge in [-0.3, -0.25) is 0 Å². The van der Waals surface area contributed by atoms with Crippen molar-refractivity contribution in [1.29, 1.82) is 0 Å². The molecule has 0 aliphatic carbocycles. The van der Waals surface area contributed by atoms with Crippen LogP contribution in [0.1, 0.15) is 32.4 Å². The number of carbonyl (C=O) groups excluding carboxylic acids is 1. The third kappa shape index (κ3) is 5.21. The van der Waals surface area contributed by atoms with E-state index >= 15 is 0 Å². The first-order chi connectivity index (χ1) is 8.69. The second kappa shape index (κ2) is 5.97. The molecule has 0 saturated carbocycles. The fraction of sp³-hybridized carbons (Fsp3) is 0.462. The maximum atomic E-state index is 13.0. The van der Waals surface area contributed by atoms with Gasteiger partial charge >= 0.3 is 6.09 Å². The molecule has 0 aliphatic rings. The van der Waals surface area contributed by atoms with Gasteiger partial charge in [-0.15, -0.1) is 0 Å². The second-order valence-electron chi connectivity index (χ2n) is 5.07. The number of hydrogen-bond acceptors (Lipinski definition) is 3. The van der Waals surface area contributed by atoms with E-state index in [2.05, 4.69) is 5.32 Å². The van der Waals surface area contributed by atoms with Crippen molar-refractivity contribution in [2.24, 2.45) is 0 Å². The Morgan fingerprint density at radius 1 is 1.37 bits per heavy atom. The third-order valence-corrected chi connectivity index (χ3v) is 2.17. The van der Waals surface area contributed by atoms with Crippen molar-refractivity contribution < 1.29 is 23.4 Å². The number of halogens is 2. The molecule has 1 aromatic carbocycles. The van der Waals surface area contributed by atoms with Crippen LogP contribution in [0.4, 0.5) is 13.6 Å². The molecule has 0 bridgehead atoms. The van der Waals surface area contributed by atoms with Crippen LogP contribution in [-0.2, 0) is 4.74 Å². The normalized spacial score (nSPS) is 12.9. The van der Waals surface area contributed by atoms with Crippen molar-refractivity contribution >= 4 is 6.09 Å². The maximum Gasteiger partial charge on any atom is 0.407 e. The van der Waals surface area contributed by atoms with E-state index in [1.807, 2.05) is 0 Å². The van der Waals surface area contributed by atoms with Gasteiger partial charge in [-0.05, 0) is 38.5 Å². The minimum absolute atomic E-state index is 0.153. The van der Waals surface area contributed by atoms with Gasteiger partial charge in [0.15, 0.2) is 11.6 Å². The molecule has 1 rings (SSSR count). The van der Waals surface area contributed by atoms with E-state index in [0.717, 1.165) is 12.1 Å². The highest BCUT2D eigenvalue weighted by Crippen LogP contribution is 2.16. The fourth-order valence-electron chi connectivity index (χ4n) is 1.33. The molecule has 19 heavy (non-hydrogen) atoms. The molecule has 0 aliphatic heterocycles. The van der Waals surface area contributed by atoms with Crippen LogP contribution in [0.2, 0.25) is 0 Å². The average molecular weight is 273 g/mol. The van der Waals surface area contributed by atoms with Crippen LogP contribution >= 0.6 is 0 Å². The predicted octanol–water partition coefficient (Wildman–Crippen LogP) is 2.52. The van der Waals surface area contributed by atoms with Gasteiger partial charge in [-0.2, -0.15) is 0 Å². The van der Waals surface area contributed by atoms with Gasteiger partial charge in [0.05, 0.1) is 12.6 Å². The van der Waals surface area contributed by atoms with Crippen LogP contribution in [0.5, 0.6) is 0 Å². The Labute approximate surface area is 110 Å². The van der Waals surface area contributed by atoms with E-state index in [1.54, 1.807) is 20.8 Å². The summed E-state index contributed by atoms with van der Waals surface area (Å²) in [4.78, 5) is 11.3. The van der Waals surface area contributed by atoms with Gasteiger partial charge in [0, 0.05) is 0 Å².